The monoisotopic (exact) mass is 270 g/mol. The van der Waals surface area contributed by atoms with E-state index in [1.807, 2.05) is 24.3 Å². The van der Waals surface area contributed by atoms with Crippen molar-refractivity contribution in [2.45, 2.75) is 19.8 Å². The van der Waals surface area contributed by atoms with Crippen molar-refractivity contribution in [1.29, 1.82) is 0 Å². The highest BCUT2D eigenvalue weighted by molar-refractivity contribution is 5.99. The molecule has 0 spiro atoms. The number of hydrogen-bond donors (Lipinski definition) is 3. The summed E-state index contributed by atoms with van der Waals surface area (Å²) in [6.07, 6.45) is 3.64. The SMILES string of the molecule is CCCc1ccc(Nc2ncc(N)cc2C(N)=O)cc1. The number of hydrogen-bond acceptors (Lipinski definition) is 4. The highest BCUT2D eigenvalue weighted by Gasteiger charge is 2.10. The van der Waals surface area contributed by atoms with E-state index in [0.29, 0.717) is 11.5 Å². The molecule has 5 heteroatoms. The zero-order valence-electron chi connectivity index (χ0n) is 11.4. The molecule has 0 saturated carbocycles. The van der Waals surface area contributed by atoms with Gasteiger partial charge in [0.15, 0.2) is 0 Å². The van der Waals surface area contributed by atoms with E-state index in [1.165, 1.54) is 17.8 Å². The van der Waals surface area contributed by atoms with Gasteiger partial charge in [-0.1, -0.05) is 25.5 Å². The lowest BCUT2D eigenvalue weighted by Crippen LogP contribution is -2.14. The first-order valence-corrected chi connectivity index (χ1v) is 6.51. The summed E-state index contributed by atoms with van der Waals surface area (Å²) < 4.78 is 0. The summed E-state index contributed by atoms with van der Waals surface area (Å²) >= 11 is 0. The first-order chi connectivity index (χ1) is 9.60. The van der Waals surface area contributed by atoms with Crippen LogP contribution in [0.15, 0.2) is 36.5 Å². The third kappa shape index (κ3) is 3.26. The summed E-state index contributed by atoms with van der Waals surface area (Å²) in [5, 5.41) is 3.08. The average Bonchev–Trinajstić information content (AvgIpc) is 2.43. The molecule has 0 atom stereocenters. The molecule has 0 saturated heterocycles. The molecule has 0 aliphatic heterocycles. The van der Waals surface area contributed by atoms with Crippen molar-refractivity contribution in [3.63, 3.8) is 0 Å². The second kappa shape index (κ2) is 6.06. The van der Waals surface area contributed by atoms with Crippen molar-refractivity contribution in [2.24, 2.45) is 5.73 Å². The van der Waals surface area contributed by atoms with E-state index >= 15 is 0 Å². The molecular formula is C15H18N4O. The summed E-state index contributed by atoms with van der Waals surface area (Å²) in [7, 11) is 0. The average molecular weight is 270 g/mol. The predicted octanol–water partition coefficient (Wildman–Crippen LogP) is 2.46. The van der Waals surface area contributed by atoms with Crippen molar-refractivity contribution >= 4 is 23.1 Å². The van der Waals surface area contributed by atoms with Gasteiger partial charge in [-0.05, 0) is 30.2 Å². The quantitative estimate of drug-likeness (QED) is 0.777. The number of aryl methyl sites for hydroxylation is 1. The molecule has 104 valence electrons. The van der Waals surface area contributed by atoms with Gasteiger partial charge in [-0.2, -0.15) is 0 Å². The van der Waals surface area contributed by atoms with Crippen LogP contribution in [0.25, 0.3) is 0 Å². The van der Waals surface area contributed by atoms with Crippen LogP contribution in [0.3, 0.4) is 0 Å². The Hall–Kier alpha value is -2.56. The van der Waals surface area contributed by atoms with E-state index in [0.717, 1.165) is 18.5 Å². The number of pyridine rings is 1. The van der Waals surface area contributed by atoms with Crippen LogP contribution < -0.4 is 16.8 Å². The van der Waals surface area contributed by atoms with Gasteiger partial charge in [-0.3, -0.25) is 4.79 Å². The Bertz CT molecular complexity index is 608. The van der Waals surface area contributed by atoms with Crippen LogP contribution in [0.4, 0.5) is 17.2 Å². The Balaban J connectivity index is 2.23. The minimum absolute atomic E-state index is 0.280. The molecule has 20 heavy (non-hydrogen) atoms. The zero-order chi connectivity index (χ0) is 14.5. The van der Waals surface area contributed by atoms with Crippen molar-refractivity contribution < 1.29 is 4.79 Å². The zero-order valence-corrected chi connectivity index (χ0v) is 11.4. The molecule has 2 rings (SSSR count). The number of benzene rings is 1. The van der Waals surface area contributed by atoms with E-state index in [9.17, 15) is 4.79 Å². The molecule has 0 bridgehead atoms. The number of aromatic nitrogens is 1. The van der Waals surface area contributed by atoms with Gasteiger partial charge in [0.2, 0.25) is 0 Å². The number of nitrogen functional groups attached to an aromatic ring is 1. The van der Waals surface area contributed by atoms with Gasteiger partial charge in [-0.15, -0.1) is 0 Å². The number of rotatable bonds is 5. The van der Waals surface area contributed by atoms with E-state index < -0.39 is 5.91 Å². The Morgan fingerprint density at radius 2 is 2.00 bits per heavy atom. The van der Waals surface area contributed by atoms with Crippen LogP contribution in [0, 0.1) is 0 Å². The first-order valence-electron chi connectivity index (χ1n) is 6.51. The molecule has 5 nitrogen and oxygen atoms in total. The van der Waals surface area contributed by atoms with E-state index in [-0.39, 0.29) is 5.56 Å². The maximum Gasteiger partial charge on any atom is 0.252 e. The fourth-order valence-electron chi connectivity index (χ4n) is 1.95. The second-order valence-corrected chi connectivity index (χ2v) is 4.60. The van der Waals surface area contributed by atoms with Gasteiger partial charge in [0.25, 0.3) is 5.91 Å². The number of carbonyl (C=O) groups is 1. The molecule has 2 aromatic rings. The van der Waals surface area contributed by atoms with E-state index in [4.69, 9.17) is 11.5 Å². The van der Waals surface area contributed by atoms with E-state index in [2.05, 4.69) is 17.2 Å². The normalized spacial score (nSPS) is 10.2. The van der Waals surface area contributed by atoms with Crippen LogP contribution in [0.5, 0.6) is 0 Å². The van der Waals surface area contributed by atoms with Crippen molar-refractivity contribution in [3.8, 4) is 0 Å². The third-order valence-corrected chi connectivity index (χ3v) is 2.93. The standard InChI is InChI=1S/C15H18N4O/c1-2-3-10-4-6-12(7-5-10)19-15-13(14(17)20)8-11(16)9-18-15/h4-9H,2-3,16H2,1H3,(H2,17,20)(H,18,19). The number of carbonyl (C=O) groups excluding carboxylic acids is 1. The summed E-state index contributed by atoms with van der Waals surface area (Å²) in [4.78, 5) is 15.5. The van der Waals surface area contributed by atoms with Crippen molar-refractivity contribution in [1.82, 2.24) is 4.98 Å². The number of primary amides is 1. The number of nitrogens with zero attached hydrogens (tertiary/aromatic N) is 1. The topological polar surface area (TPSA) is 94.0 Å². The lowest BCUT2D eigenvalue weighted by Gasteiger charge is -2.10. The Kier molecular flexibility index (Phi) is 4.20. The van der Waals surface area contributed by atoms with Gasteiger partial charge < -0.3 is 16.8 Å². The maximum atomic E-state index is 11.4. The molecule has 1 aromatic heterocycles. The highest BCUT2D eigenvalue weighted by Crippen LogP contribution is 2.20. The third-order valence-electron chi connectivity index (χ3n) is 2.93. The molecule has 1 amide bonds. The van der Waals surface area contributed by atoms with Gasteiger partial charge in [0.1, 0.15) is 5.82 Å². The minimum Gasteiger partial charge on any atom is -0.397 e. The van der Waals surface area contributed by atoms with Crippen LogP contribution in [0.2, 0.25) is 0 Å². The molecule has 0 aliphatic carbocycles. The van der Waals surface area contributed by atoms with Gasteiger partial charge in [0, 0.05) is 5.69 Å². The van der Waals surface area contributed by atoms with Crippen LogP contribution in [-0.4, -0.2) is 10.9 Å². The van der Waals surface area contributed by atoms with Gasteiger partial charge >= 0.3 is 0 Å². The summed E-state index contributed by atoms with van der Waals surface area (Å²) in [5.41, 5.74) is 13.8. The summed E-state index contributed by atoms with van der Waals surface area (Å²) in [6.45, 7) is 2.14. The fourth-order valence-corrected chi connectivity index (χ4v) is 1.95. The Morgan fingerprint density at radius 3 is 2.60 bits per heavy atom. The lowest BCUT2D eigenvalue weighted by atomic mass is 10.1. The predicted molar refractivity (Wildman–Crippen MR) is 80.9 cm³/mol. The number of amides is 1. The molecular weight excluding hydrogens is 252 g/mol. The molecule has 1 heterocycles. The molecule has 0 fully saturated rings. The van der Waals surface area contributed by atoms with Crippen molar-refractivity contribution in [2.75, 3.05) is 11.1 Å². The number of nitrogens with one attached hydrogen (secondary N) is 1. The number of nitrogens with two attached hydrogens (primary N) is 2. The fraction of sp³-hybridized carbons (Fsp3) is 0.200. The largest absolute Gasteiger partial charge is 0.397 e. The smallest absolute Gasteiger partial charge is 0.252 e. The molecule has 0 unspecified atom stereocenters. The molecule has 0 radical (unpaired) electrons. The molecule has 0 aliphatic rings. The van der Waals surface area contributed by atoms with Crippen LogP contribution >= 0.6 is 0 Å². The molecule has 5 N–H and O–H groups in total. The van der Waals surface area contributed by atoms with Crippen molar-refractivity contribution in [3.05, 3.63) is 47.7 Å². The lowest BCUT2D eigenvalue weighted by molar-refractivity contribution is 0.100. The maximum absolute atomic E-state index is 11.4. The van der Waals surface area contributed by atoms with Crippen LogP contribution in [0.1, 0.15) is 29.3 Å². The molecule has 1 aromatic carbocycles. The second-order valence-electron chi connectivity index (χ2n) is 4.60. The van der Waals surface area contributed by atoms with Gasteiger partial charge in [0.05, 0.1) is 17.4 Å². The van der Waals surface area contributed by atoms with Gasteiger partial charge in [-0.25, -0.2) is 4.98 Å². The first kappa shape index (κ1) is 13.9. The highest BCUT2D eigenvalue weighted by atomic mass is 16.1. The minimum atomic E-state index is -0.560. The summed E-state index contributed by atoms with van der Waals surface area (Å²) in [6, 6.07) is 9.52. The van der Waals surface area contributed by atoms with Crippen LogP contribution in [-0.2, 0) is 6.42 Å². The summed E-state index contributed by atoms with van der Waals surface area (Å²) in [5.74, 6) is -0.148. The Labute approximate surface area is 118 Å². The van der Waals surface area contributed by atoms with E-state index in [1.54, 1.807) is 0 Å². The Morgan fingerprint density at radius 1 is 1.30 bits per heavy atom. The number of anilines is 3.